The zero-order chi connectivity index (χ0) is 30.9. The summed E-state index contributed by atoms with van der Waals surface area (Å²) in [5.74, 6) is -0.921. The highest BCUT2D eigenvalue weighted by atomic mass is 19.4. The van der Waals surface area contributed by atoms with Crippen molar-refractivity contribution in [1.29, 1.82) is 0 Å². The molecule has 2 atom stereocenters. The van der Waals surface area contributed by atoms with Crippen LogP contribution < -0.4 is 25.3 Å². The zero-order valence-corrected chi connectivity index (χ0v) is 23.1. The summed E-state index contributed by atoms with van der Waals surface area (Å²) in [5, 5.41) is 22.5. The Morgan fingerprint density at radius 1 is 1.14 bits per heavy atom. The van der Waals surface area contributed by atoms with E-state index in [0.29, 0.717) is 18.4 Å². The SMILES string of the molecule is COc1cc(C(=O)NCC(O)(c2cc3c(c(-c4ccc(F)cc4)n2)OCC3(C)N)C(F)(F)F)cc(OC)c1CCCO. The lowest BCUT2D eigenvalue weighted by Gasteiger charge is -2.31. The van der Waals surface area contributed by atoms with Gasteiger partial charge >= 0.3 is 6.18 Å². The van der Waals surface area contributed by atoms with Crippen LogP contribution in [0.15, 0.2) is 42.5 Å². The average molecular weight is 594 g/mol. The standard InChI is InChI=1S/C29H31F4N3O6/c1-27(34)15-42-25-20(27)13-23(36-24(25)16-6-8-18(30)9-7-16)28(39,29(31,32)33)14-35-26(38)17-11-21(40-2)19(5-4-10-37)22(12-17)41-3/h6-9,11-13,37,39H,4-5,10,14-15,34H2,1-3H3,(H,35,38). The number of carbonyl (C=O) groups excluding carboxylic acids is 1. The normalized spacial score (nSPS) is 17.7. The molecule has 0 aliphatic carbocycles. The van der Waals surface area contributed by atoms with Crippen LogP contribution in [0.2, 0.25) is 0 Å². The van der Waals surface area contributed by atoms with Gasteiger partial charge in [-0.25, -0.2) is 9.37 Å². The predicted molar refractivity (Wildman–Crippen MR) is 144 cm³/mol. The molecule has 0 bridgehead atoms. The van der Waals surface area contributed by atoms with Crippen LogP contribution in [0.5, 0.6) is 17.2 Å². The van der Waals surface area contributed by atoms with Crippen molar-refractivity contribution in [1.82, 2.24) is 10.3 Å². The second kappa shape index (κ2) is 11.7. The number of carbonyl (C=O) groups is 1. The van der Waals surface area contributed by atoms with Gasteiger partial charge in [-0.15, -0.1) is 0 Å². The molecule has 1 amide bonds. The van der Waals surface area contributed by atoms with E-state index in [0.717, 1.165) is 18.2 Å². The Balaban J connectivity index is 1.74. The van der Waals surface area contributed by atoms with Crippen LogP contribution in [0.3, 0.4) is 0 Å². The van der Waals surface area contributed by atoms with Crippen LogP contribution in [0.4, 0.5) is 17.6 Å². The van der Waals surface area contributed by atoms with Crippen LogP contribution in [0.25, 0.3) is 11.3 Å². The van der Waals surface area contributed by atoms with Crippen molar-refractivity contribution in [2.45, 2.75) is 37.1 Å². The Kier molecular flexibility index (Phi) is 8.67. The van der Waals surface area contributed by atoms with Gasteiger partial charge in [0.25, 0.3) is 5.91 Å². The molecule has 2 unspecified atom stereocenters. The van der Waals surface area contributed by atoms with E-state index >= 15 is 0 Å². The number of fused-ring (bicyclic) bond motifs is 1. The third kappa shape index (κ3) is 5.85. The molecule has 0 spiro atoms. The number of methoxy groups -OCH3 is 2. The van der Waals surface area contributed by atoms with Gasteiger partial charge in [-0.1, -0.05) is 0 Å². The van der Waals surface area contributed by atoms with Gasteiger partial charge in [-0.05, 0) is 62.2 Å². The summed E-state index contributed by atoms with van der Waals surface area (Å²) in [6.07, 6.45) is -4.55. The number of benzene rings is 2. The number of pyridine rings is 1. The van der Waals surface area contributed by atoms with Crippen LogP contribution in [-0.2, 0) is 17.6 Å². The molecular weight excluding hydrogens is 562 g/mol. The Bertz CT molecular complexity index is 1440. The van der Waals surface area contributed by atoms with Crippen LogP contribution in [0, 0.1) is 5.82 Å². The van der Waals surface area contributed by atoms with Crippen LogP contribution in [-0.4, -0.2) is 61.3 Å². The second-order valence-electron chi connectivity index (χ2n) is 10.2. The number of aliphatic hydroxyl groups is 2. The number of rotatable bonds is 10. The summed E-state index contributed by atoms with van der Waals surface area (Å²) in [5.41, 5.74) is 1.40. The van der Waals surface area contributed by atoms with Crippen molar-refractivity contribution in [3.8, 4) is 28.5 Å². The average Bonchev–Trinajstić information content (AvgIpc) is 3.27. The molecule has 9 nitrogen and oxygen atoms in total. The van der Waals surface area contributed by atoms with Gasteiger partial charge in [0.15, 0.2) is 5.75 Å². The van der Waals surface area contributed by atoms with Crippen LogP contribution >= 0.6 is 0 Å². The Morgan fingerprint density at radius 3 is 2.31 bits per heavy atom. The molecule has 2 aromatic carbocycles. The summed E-state index contributed by atoms with van der Waals surface area (Å²) >= 11 is 0. The maximum Gasteiger partial charge on any atom is 0.424 e. The number of ether oxygens (including phenoxy) is 3. The fourth-order valence-corrected chi connectivity index (χ4v) is 4.68. The van der Waals surface area contributed by atoms with E-state index in [-0.39, 0.29) is 52.8 Å². The smallest absolute Gasteiger partial charge is 0.424 e. The van der Waals surface area contributed by atoms with Gasteiger partial charge < -0.3 is 35.5 Å². The summed E-state index contributed by atoms with van der Waals surface area (Å²) in [6, 6.07) is 8.52. The van der Waals surface area contributed by atoms with Crippen molar-refractivity contribution < 1.29 is 46.8 Å². The summed E-state index contributed by atoms with van der Waals surface area (Å²) < 4.78 is 73.6. The first-order valence-electron chi connectivity index (χ1n) is 12.9. The Hall–Kier alpha value is -3.94. The molecule has 4 rings (SSSR count). The highest BCUT2D eigenvalue weighted by molar-refractivity contribution is 5.95. The third-order valence-corrected chi connectivity index (χ3v) is 7.07. The van der Waals surface area contributed by atoms with Gasteiger partial charge in [0.2, 0.25) is 5.60 Å². The van der Waals surface area contributed by atoms with Gasteiger partial charge in [-0.3, -0.25) is 4.79 Å². The molecule has 0 radical (unpaired) electrons. The summed E-state index contributed by atoms with van der Waals surface area (Å²) in [4.78, 5) is 17.2. The summed E-state index contributed by atoms with van der Waals surface area (Å²) in [6.45, 7) is 0.0832. The first kappa shape index (κ1) is 31.0. The minimum Gasteiger partial charge on any atom is -0.496 e. The number of alkyl halides is 3. The van der Waals surface area contributed by atoms with E-state index in [1.807, 2.05) is 0 Å². The highest BCUT2D eigenvalue weighted by Gasteiger charge is 2.57. The number of hydrogen-bond donors (Lipinski definition) is 4. The van der Waals surface area contributed by atoms with Gasteiger partial charge in [0.1, 0.15) is 29.6 Å². The van der Waals surface area contributed by atoms with E-state index in [2.05, 4.69) is 10.3 Å². The fourth-order valence-electron chi connectivity index (χ4n) is 4.68. The Morgan fingerprint density at radius 2 is 1.76 bits per heavy atom. The number of nitrogens with two attached hydrogens (primary N) is 1. The maximum absolute atomic E-state index is 14.6. The lowest BCUT2D eigenvalue weighted by Crippen LogP contribution is -2.51. The number of nitrogens with one attached hydrogen (secondary N) is 1. The molecule has 0 saturated carbocycles. The topological polar surface area (TPSA) is 136 Å². The van der Waals surface area contributed by atoms with Gasteiger partial charge in [0.05, 0.1) is 32.0 Å². The molecule has 42 heavy (non-hydrogen) atoms. The molecule has 3 aromatic rings. The van der Waals surface area contributed by atoms with Crippen molar-refractivity contribution in [3.05, 3.63) is 70.7 Å². The van der Waals surface area contributed by atoms with Crippen molar-refractivity contribution in [2.24, 2.45) is 5.73 Å². The first-order valence-corrected chi connectivity index (χ1v) is 12.9. The Labute approximate surface area is 239 Å². The number of amides is 1. The van der Waals surface area contributed by atoms with Gasteiger partial charge in [0, 0.05) is 28.9 Å². The van der Waals surface area contributed by atoms with Crippen molar-refractivity contribution in [3.63, 3.8) is 0 Å². The molecule has 0 fully saturated rings. The molecule has 1 aliphatic heterocycles. The lowest BCUT2D eigenvalue weighted by molar-refractivity contribution is -0.265. The van der Waals surface area contributed by atoms with Crippen LogP contribution in [0.1, 0.15) is 40.5 Å². The molecule has 0 saturated heterocycles. The fraction of sp³-hybridized carbons (Fsp3) is 0.379. The highest BCUT2D eigenvalue weighted by Crippen LogP contribution is 2.46. The van der Waals surface area contributed by atoms with E-state index in [1.54, 1.807) is 6.92 Å². The van der Waals surface area contributed by atoms with E-state index in [4.69, 9.17) is 19.9 Å². The molecule has 1 aromatic heterocycles. The lowest BCUT2D eigenvalue weighted by atomic mass is 9.89. The third-order valence-electron chi connectivity index (χ3n) is 7.07. The quantitative estimate of drug-likeness (QED) is 0.262. The monoisotopic (exact) mass is 593 g/mol. The minimum absolute atomic E-state index is 0.0686. The number of halogens is 4. The largest absolute Gasteiger partial charge is 0.496 e. The maximum atomic E-state index is 14.6. The van der Waals surface area contributed by atoms with E-state index in [1.165, 1.54) is 38.5 Å². The first-order chi connectivity index (χ1) is 19.8. The molecule has 1 aliphatic rings. The van der Waals surface area contributed by atoms with Crippen molar-refractivity contribution >= 4 is 5.91 Å². The number of aromatic nitrogens is 1. The molecular formula is C29H31F4N3O6. The zero-order valence-electron chi connectivity index (χ0n) is 23.1. The van der Waals surface area contributed by atoms with E-state index in [9.17, 15) is 32.6 Å². The van der Waals surface area contributed by atoms with Crippen molar-refractivity contribution in [2.75, 3.05) is 34.0 Å². The van der Waals surface area contributed by atoms with E-state index < -0.39 is 41.3 Å². The molecule has 13 heteroatoms. The molecule has 226 valence electrons. The number of hydrogen-bond acceptors (Lipinski definition) is 8. The predicted octanol–water partition coefficient (Wildman–Crippen LogP) is 3.58. The number of aliphatic hydroxyl groups excluding tert-OH is 1. The molecule has 5 N–H and O–H groups in total. The minimum atomic E-state index is -5.30. The molecule has 2 heterocycles. The van der Waals surface area contributed by atoms with Gasteiger partial charge in [-0.2, -0.15) is 13.2 Å². The number of nitrogens with zero attached hydrogens (tertiary/aromatic N) is 1. The second-order valence-corrected chi connectivity index (χ2v) is 10.2. The summed E-state index contributed by atoms with van der Waals surface area (Å²) in [7, 11) is 2.71.